The topological polar surface area (TPSA) is 120 Å². The molecule has 1 aliphatic rings. The van der Waals surface area contributed by atoms with E-state index < -0.39 is 36.6 Å². The summed E-state index contributed by atoms with van der Waals surface area (Å²) in [5, 5.41) is 29.2. The molecular weight excluding hydrogens is 280 g/mol. The predicted octanol–water partition coefficient (Wildman–Crippen LogP) is -1.42. The minimum atomic E-state index is -1.66. The summed E-state index contributed by atoms with van der Waals surface area (Å²) in [4.78, 5) is 11.8. The Labute approximate surface area is 121 Å². The van der Waals surface area contributed by atoms with Gasteiger partial charge in [-0.3, -0.25) is 15.6 Å². The van der Waals surface area contributed by atoms with E-state index in [0.29, 0.717) is 5.69 Å². The molecule has 1 heterocycles. The van der Waals surface area contributed by atoms with Crippen molar-refractivity contribution in [2.75, 3.05) is 12.5 Å². The Morgan fingerprint density at radius 3 is 2.52 bits per heavy atom. The average Bonchev–Trinajstić information content (AvgIpc) is 2.80. The number of aliphatic hydroxyl groups is 3. The molecule has 0 saturated carbocycles. The van der Waals surface area contributed by atoms with Gasteiger partial charge in [-0.2, -0.15) is 0 Å². The molecule has 0 spiro atoms. The van der Waals surface area contributed by atoms with Crippen LogP contribution in [0.15, 0.2) is 30.3 Å². The quantitative estimate of drug-likeness (QED) is 0.423. The molecule has 21 heavy (non-hydrogen) atoms. The maximum Gasteiger partial charge on any atom is 0.269 e. The van der Waals surface area contributed by atoms with E-state index in [2.05, 4.69) is 10.9 Å². The van der Waals surface area contributed by atoms with Crippen molar-refractivity contribution < 1.29 is 29.6 Å². The van der Waals surface area contributed by atoms with Crippen molar-refractivity contribution in [1.82, 2.24) is 5.43 Å². The highest BCUT2D eigenvalue weighted by Gasteiger charge is 2.48. The van der Waals surface area contributed by atoms with E-state index in [9.17, 15) is 20.1 Å². The van der Waals surface area contributed by atoms with Crippen molar-refractivity contribution in [3.8, 4) is 0 Å². The molecule has 1 aliphatic heterocycles. The molecular formula is C13H18N2O6. The second kappa shape index (κ2) is 6.83. The number of anilines is 1. The first-order chi connectivity index (χ1) is 10.0. The van der Waals surface area contributed by atoms with Gasteiger partial charge in [-0.25, -0.2) is 0 Å². The lowest BCUT2D eigenvalue weighted by Crippen LogP contribution is -2.48. The zero-order valence-electron chi connectivity index (χ0n) is 11.3. The lowest BCUT2D eigenvalue weighted by Gasteiger charge is -2.20. The number of hydrogen-bond acceptors (Lipinski definition) is 7. The van der Waals surface area contributed by atoms with Crippen LogP contribution in [0.25, 0.3) is 0 Å². The third-order valence-electron chi connectivity index (χ3n) is 3.17. The minimum absolute atomic E-state index is 0.626. The van der Waals surface area contributed by atoms with Gasteiger partial charge in [0.1, 0.15) is 18.3 Å². The molecule has 2 rings (SSSR count). The van der Waals surface area contributed by atoms with E-state index in [1.165, 1.54) is 7.11 Å². The summed E-state index contributed by atoms with van der Waals surface area (Å²) in [5.41, 5.74) is 5.53. The number of ether oxygens (including phenoxy) is 2. The number of para-hydroxylation sites is 1. The van der Waals surface area contributed by atoms with Crippen molar-refractivity contribution in [2.45, 2.75) is 30.7 Å². The lowest BCUT2D eigenvalue weighted by molar-refractivity contribution is -0.169. The third kappa shape index (κ3) is 3.49. The Hall–Kier alpha value is -1.71. The average molecular weight is 298 g/mol. The third-order valence-corrected chi connectivity index (χ3v) is 3.17. The van der Waals surface area contributed by atoms with Gasteiger partial charge in [0.2, 0.25) is 0 Å². The van der Waals surface area contributed by atoms with Crippen LogP contribution in [0.1, 0.15) is 0 Å². The Kier molecular flexibility index (Phi) is 5.10. The second-order valence-corrected chi connectivity index (χ2v) is 4.61. The van der Waals surface area contributed by atoms with Crippen molar-refractivity contribution in [2.24, 2.45) is 0 Å². The van der Waals surface area contributed by atoms with Crippen LogP contribution >= 0.6 is 0 Å². The number of amides is 1. The predicted molar refractivity (Wildman–Crippen MR) is 71.9 cm³/mol. The number of carbonyl (C=O) groups excluding carboxylic acids is 1. The normalized spacial score (nSPS) is 29.9. The second-order valence-electron chi connectivity index (χ2n) is 4.61. The van der Waals surface area contributed by atoms with Gasteiger partial charge in [0.15, 0.2) is 12.4 Å². The van der Waals surface area contributed by atoms with Crippen molar-refractivity contribution in [1.29, 1.82) is 0 Å². The summed E-state index contributed by atoms with van der Waals surface area (Å²) < 4.78 is 9.90. The van der Waals surface area contributed by atoms with E-state index in [1.807, 2.05) is 6.07 Å². The SMILES string of the molecule is CO[C@@H]1O[C@H]([C@H](O)C(=O)NNc2ccccc2)[C@H](O)[C@@H]1O. The summed E-state index contributed by atoms with van der Waals surface area (Å²) in [6.45, 7) is 0. The number of nitrogens with one attached hydrogen (secondary N) is 2. The first kappa shape index (κ1) is 15.7. The summed E-state index contributed by atoms with van der Waals surface area (Å²) >= 11 is 0. The van der Waals surface area contributed by atoms with E-state index >= 15 is 0 Å². The fourth-order valence-corrected chi connectivity index (χ4v) is 2.01. The number of aliphatic hydroxyl groups excluding tert-OH is 3. The minimum Gasteiger partial charge on any atom is -0.387 e. The summed E-state index contributed by atoms with van der Waals surface area (Å²) in [6, 6.07) is 8.80. The monoisotopic (exact) mass is 298 g/mol. The van der Waals surface area contributed by atoms with Crippen molar-refractivity contribution in [3.63, 3.8) is 0 Å². The molecule has 116 valence electrons. The number of rotatable bonds is 5. The first-order valence-electron chi connectivity index (χ1n) is 6.38. The van der Waals surface area contributed by atoms with E-state index in [-0.39, 0.29) is 0 Å². The Balaban J connectivity index is 1.90. The van der Waals surface area contributed by atoms with Crippen LogP contribution in [0.2, 0.25) is 0 Å². The molecule has 0 aromatic heterocycles. The van der Waals surface area contributed by atoms with Crippen LogP contribution in [-0.2, 0) is 14.3 Å². The Bertz CT molecular complexity index is 471. The van der Waals surface area contributed by atoms with E-state index in [4.69, 9.17) is 9.47 Å². The molecule has 0 radical (unpaired) electrons. The fraction of sp³-hybridized carbons (Fsp3) is 0.462. The van der Waals surface area contributed by atoms with Gasteiger partial charge < -0.3 is 24.8 Å². The molecule has 0 bridgehead atoms. The van der Waals surface area contributed by atoms with Crippen LogP contribution in [-0.4, -0.2) is 59.0 Å². The first-order valence-corrected chi connectivity index (χ1v) is 6.38. The molecule has 5 atom stereocenters. The fourth-order valence-electron chi connectivity index (χ4n) is 2.01. The van der Waals surface area contributed by atoms with E-state index in [0.717, 1.165) is 0 Å². The van der Waals surface area contributed by atoms with Gasteiger partial charge in [0.05, 0.1) is 5.69 Å². The van der Waals surface area contributed by atoms with E-state index in [1.54, 1.807) is 24.3 Å². The van der Waals surface area contributed by atoms with Crippen LogP contribution in [0, 0.1) is 0 Å². The number of carbonyl (C=O) groups is 1. The van der Waals surface area contributed by atoms with Crippen LogP contribution in [0.5, 0.6) is 0 Å². The van der Waals surface area contributed by atoms with Crippen molar-refractivity contribution in [3.05, 3.63) is 30.3 Å². The highest BCUT2D eigenvalue weighted by atomic mass is 16.7. The van der Waals surface area contributed by atoms with Crippen LogP contribution in [0.3, 0.4) is 0 Å². The molecule has 1 aromatic carbocycles. The molecule has 8 nitrogen and oxygen atoms in total. The smallest absolute Gasteiger partial charge is 0.269 e. The summed E-state index contributed by atoms with van der Waals surface area (Å²) in [5.74, 6) is -0.799. The summed E-state index contributed by atoms with van der Waals surface area (Å²) in [6.07, 6.45) is -6.78. The maximum absolute atomic E-state index is 11.8. The van der Waals surface area contributed by atoms with Crippen LogP contribution in [0.4, 0.5) is 5.69 Å². The molecule has 5 N–H and O–H groups in total. The number of methoxy groups -OCH3 is 1. The molecule has 1 fully saturated rings. The standard InChI is InChI=1S/C13H18N2O6/c1-20-13-9(17)8(16)11(21-13)10(18)12(19)15-14-7-5-3-2-4-6-7/h2-6,8-11,13-14,16-18H,1H3,(H,15,19)/t8-,9+,10+,11+,13-/m1/s1. The largest absolute Gasteiger partial charge is 0.387 e. The van der Waals surface area contributed by atoms with Gasteiger partial charge in [0, 0.05) is 7.11 Å². The lowest BCUT2D eigenvalue weighted by atomic mass is 10.1. The van der Waals surface area contributed by atoms with Crippen molar-refractivity contribution >= 4 is 11.6 Å². The van der Waals surface area contributed by atoms with Gasteiger partial charge in [-0.15, -0.1) is 0 Å². The molecule has 1 amide bonds. The summed E-state index contributed by atoms with van der Waals surface area (Å²) in [7, 11) is 1.28. The molecule has 0 aliphatic carbocycles. The Morgan fingerprint density at radius 1 is 1.29 bits per heavy atom. The van der Waals surface area contributed by atoms with Gasteiger partial charge >= 0.3 is 0 Å². The number of benzene rings is 1. The number of hydrazine groups is 1. The number of hydrogen-bond donors (Lipinski definition) is 5. The molecule has 1 aromatic rings. The van der Waals surface area contributed by atoms with Gasteiger partial charge in [0.25, 0.3) is 5.91 Å². The highest BCUT2D eigenvalue weighted by Crippen LogP contribution is 2.24. The highest BCUT2D eigenvalue weighted by molar-refractivity contribution is 5.82. The van der Waals surface area contributed by atoms with Gasteiger partial charge in [-0.1, -0.05) is 18.2 Å². The molecule has 1 saturated heterocycles. The zero-order chi connectivity index (χ0) is 15.4. The maximum atomic E-state index is 11.8. The Morgan fingerprint density at radius 2 is 1.95 bits per heavy atom. The van der Waals surface area contributed by atoms with Gasteiger partial charge in [-0.05, 0) is 12.1 Å². The zero-order valence-corrected chi connectivity index (χ0v) is 11.3. The molecule has 8 heteroatoms. The molecule has 0 unspecified atom stereocenters. The van der Waals surface area contributed by atoms with Crippen LogP contribution < -0.4 is 10.9 Å².